The molecule has 4 nitrogen and oxygen atoms in total. The number of hydrogen-bond acceptors (Lipinski definition) is 4. The molecule has 2 aliphatic rings. The Kier molecular flexibility index (Phi) is 4.37. The van der Waals surface area contributed by atoms with Gasteiger partial charge in [-0.15, -0.1) is 11.3 Å². The molecular formula is C19H23N3OS. The molecular weight excluding hydrogens is 318 g/mol. The number of nitrogens with zero attached hydrogens (tertiary/aromatic N) is 3. The number of rotatable bonds is 4. The van der Waals surface area contributed by atoms with Crippen molar-refractivity contribution in [2.45, 2.75) is 32.4 Å². The van der Waals surface area contributed by atoms with Crippen molar-refractivity contribution in [2.24, 2.45) is 5.41 Å². The van der Waals surface area contributed by atoms with E-state index >= 15 is 0 Å². The fourth-order valence-corrected chi connectivity index (χ4v) is 4.86. The first kappa shape index (κ1) is 15.8. The van der Waals surface area contributed by atoms with Crippen molar-refractivity contribution in [3.63, 3.8) is 0 Å². The largest absolute Gasteiger partial charge is 0.338 e. The third-order valence-corrected chi connectivity index (χ3v) is 6.20. The van der Waals surface area contributed by atoms with E-state index in [1.807, 2.05) is 28.4 Å². The Morgan fingerprint density at radius 1 is 1.12 bits per heavy atom. The molecule has 1 amide bonds. The lowest BCUT2D eigenvalue weighted by atomic mass is 9.78. The van der Waals surface area contributed by atoms with Crippen molar-refractivity contribution < 1.29 is 4.79 Å². The summed E-state index contributed by atoms with van der Waals surface area (Å²) in [6.07, 6.45) is 6.77. The third kappa shape index (κ3) is 3.10. The Bertz CT molecular complexity index is 688. The molecule has 24 heavy (non-hydrogen) atoms. The van der Waals surface area contributed by atoms with E-state index in [4.69, 9.17) is 0 Å². The summed E-state index contributed by atoms with van der Waals surface area (Å²) in [5, 5.41) is 2.13. The van der Waals surface area contributed by atoms with Crippen molar-refractivity contribution in [3.8, 4) is 0 Å². The molecule has 0 aromatic carbocycles. The monoisotopic (exact) mass is 341 g/mol. The van der Waals surface area contributed by atoms with E-state index in [-0.39, 0.29) is 5.41 Å². The van der Waals surface area contributed by atoms with Crippen LogP contribution < -0.4 is 0 Å². The van der Waals surface area contributed by atoms with E-state index in [1.165, 1.54) is 10.4 Å². The molecule has 5 heteroatoms. The van der Waals surface area contributed by atoms with Crippen LogP contribution in [0.3, 0.4) is 0 Å². The average molecular weight is 341 g/mol. The minimum absolute atomic E-state index is 0.150. The van der Waals surface area contributed by atoms with E-state index in [1.54, 1.807) is 12.4 Å². The van der Waals surface area contributed by atoms with Crippen molar-refractivity contribution in [1.29, 1.82) is 0 Å². The van der Waals surface area contributed by atoms with Crippen LogP contribution in [0.25, 0.3) is 0 Å². The molecule has 4 heterocycles. The molecule has 0 saturated carbocycles. The van der Waals surface area contributed by atoms with Gasteiger partial charge in [0.15, 0.2) is 0 Å². The molecule has 1 spiro atoms. The topological polar surface area (TPSA) is 36.4 Å². The molecule has 0 unspecified atom stereocenters. The molecule has 0 radical (unpaired) electrons. The van der Waals surface area contributed by atoms with Gasteiger partial charge in [0.05, 0.1) is 5.41 Å². The minimum atomic E-state index is -0.150. The summed E-state index contributed by atoms with van der Waals surface area (Å²) in [5.74, 6) is 0.357. The molecule has 2 aromatic rings. The molecule has 0 bridgehead atoms. The minimum Gasteiger partial charge on any atom is -0.338 e. The molecule has 0 aliphatic carbocycles. The van der Waals surface area contributed by atoms with E-state index in [0.29, 0.717) is 12.5 Å². The number of carbonyl (C=O) groups is 1. The Balaban J connectivity index is 1.44. The second kappa shape index (κ2) is 6.65. The lowest BCUT2D eigenvalue weighted by Crippen LogP contribution is -2.47. The number of piperidine rings is 1. The Morgan fingerprint density at radius 3 is 2.79 bits per heavy atom. The first-order valence-corrected chi connectivity index (χ1v) is 9.56. The summed E-state index contributed by atoms with van der Waals surface area (Å²) >= 11 is 1.81. The van der Waals surface area contributed by atoms with Gasteiger partial charge in [0.25, 0.3) is 0 Å². The fraction of sp³-hybridized carbons (Fsp3) is 0.474. The lowest BCUT2D eigenvalue weighted by molar-refractivity contribution is -0.139. The highest BCUT2D eigenvalue weighted by Crippen LogP contribution is 2.41. The Morgan fingerprint density at radius 2 is 2.00 bits per heavy atom. The van der Waals surface area contributed by atoms with Crippen LogP contribution >= 0.6 is 11.3 Å². The van der Waals surface area contributed by atoms with Crippen molar-refractivity contribution in [1.82, 2.24) is 14.8 Å². The number of amides is 1. The van der Waals surface area contributed by atoms with Gasteiger partial charge in [-0.1, -0.05) is 6.07 Å². The highest BCUT2D eigenvalue weighted by Gasteiger charge is 2.48. The normalized spacial score (nSPS) is 24.8. The molecule has 1 atom stereocenters. The standard InChI is InChI=1S/C19H23N3OS/c23-18-19(7-11-22(18)13-16-4-8-20-9-5-16)6-2-10-21(15-19)14-17-3-1-12-24-17/h1,3-5,8-9,12H,2,6-7,10-11,13-15H2/t19-/m0/s1. The number of hydrogen-bond donors (Lipinski definition) is 0. The van der Waals surface area contributed by atoms with Gasteiger partial charge in [-0.3, -0.25) is 14.7 Å². The van der Waals surface area contributed by atoms with Gasteiger partial charge in [0, 0.05) is 43.4 Å². The average Bonchev–Trinajstić information content (AvgIpc) is 3.21. The maximum Gasteiger partial charge on any atom is 0.230 e. The molecule has 2 aromatic heterocycles. The number of pyridine rings is 1. The number of likely N-dealkylation sites (tertiary alicyclic amines) is 2. The van der Waals surface area contributed by atoms with Gasteiger partial charge in [-0.25, -0.2) is 0 Å². The summed E-state index contributed by atoms with van der Waals surface area (Å²) in [6.45, 7) is 4.60. The summed E-state index contributed by atoms with van der Waals surface area (Å²) in [5.41, 5.74) is 1.02. The van der Waals surface area contributed by atoms with Gasteiger partial charge in [-0.05, 0) is 54.9 Å². The predicted molar refractivity (Wildman–Crippen MR) is 95.5 cm³/mol. The van der Waals surface area contributed by atoms with Crippen LogP contribution in [0.15, 0.2) is 42.0 Å². The summed E-state index contributed by atoms with van der Waals surface area (Å²) in [7, 11) is 0. The van der Waals surface area contributed by atoms with Gasteiger partial charge in [0.2, 0.25) is 5.91 Å². The van der Waals surface area contributed by atoms with Gasteiger partial charge in [0.1, 0.15) is 0 Å². The van der Waals surface area contributed by atoms with E-state index < -0.39 is 0 Å². The Hall–Kier alpha value is -1.72. The summed E-state index contributed by atoms with van der Waals surface area (Å²) in [4.78, 5) is 23.1. The molecule has 4 rings (SSSR count). The second-order valence-corrected chi connectivity index (χ2v) is 8.04. The molecule has 2 aliphatic heterocycles. The van der Waals surface area contributed by atoms with Crippen LogP contribution in [0.4, 0.5) is 0 Å². The first-order valence-electron chi connectivity index (χ1n) is 8.68. The van der Waals surface area contributed by atoms with E-state index in [0.717, 1.165) is 45.4 Å². The van der Waals surface area contributed by atoms with Gasteiger partial charge in [-0.2, -0.15) is 0 Å². The van der Waals surface area contributed by atoms with Crippen molar-refractivity contribution in [2.75, 3.05) is 19.6 Å². The fourth-order valence-electron chi connectivity index (χ4n) is 4.12. The highest BCUT2D eigenvalue weighted by molar-refractivity contribution is 7.09. The summed E-state index contributed by atoms with van der Waals surface area (Å²) < 4.78 is 0. The van der Waals surface area contributed by atoms with Crippen LogP contribution in [0.2, 0.25) is 0 Å². The smallest absolute Gasteiger partial charge is 0.230 e. The Labute approximate surface area is 147 Å². The molecule has 126 valence electrons. The van der Waals surface area contributed by atoms with Crippen LogP contribution in [0.1, 0.15) is 29.7 Å². The van der Waals surface area contributed by atoms with Gasteiger partial charge < -0.3 is 4.90 Å². The number of aromatic nitrogens is 1. The molecule has 2 fully saturated rings. The zero-order valence-corrected chi connectivity index (χ0v) is 14.7. The van der Waals surface area contributed by atoms with Crippen molar-refractivity contribution >= 4 is 17.2 Å². The van der Waals surface area contributed by atoms with E-state index in [2.05, 4.69) is 27.4 Å². The number of thiophene rings is 1. The maximum atomic E-state index is 13.1. The third-order valence-electron chi connectivity index (χ3n) is 5.34. The predicted octanol–water partition coefficient (Wildman–Crippen LogP) is 3.16. The quantitative estimate of drug-likeness (QED) is 0.857. The second-order valence-electron chi connectivity index (χ2n) is 7.01. The van der Waals surface area contributed by atoms with Gasteiger partial charge >= 0.3 is 0 Å². The van der Waals surface area contributed by atoms with Crippen molar-refractivity contribution in [3.05, 3.63) is 52.5 Å². The van der Waals surface area contributed by atoms with Crippen LogP contribution in [0.5, 0.6) is 0 Å². The highest BCUT2D eigenvalue weighted by atomic mass is 32.1. The summed E-state index contributed by atoms with van der Waals surface area (Å²) in [6, 6.07) is 8.31. The zero-order valence-electron chi connectivity index (χ0n) is 13.9. The zero-order chi connectivity index (χ0) is 16.4. The number of carbonyl (C=O) groups excluding carboxylic acids is 1. The van der Waals surface area contributed by atoms with Crippen LogP contribution in [-0.4, -0.2) is 40.3 Å². The molecule has 2 saturated heterocycles. The first-order chi connectivity index (χ1) is 11.8. The van der Waals surface area contributed by atoms with Crippen LogP contribution in [0, 0.1) is 5.41 Å². The lowest BCUT2D eigenvalue weighted by Gasteiger charge is -2.39. The van der Waals surface area contributed by atoms with E-state index in [9.17, 15) is 4.79 Å². The van der Waals surface area contributed by atoms with Crippen LogP contribution in [-0.2, 0) is 17.9 Å². The SMILES string of the molecule is O=C1N(Cc2ccncc2)CC[C@]12CCCN(Cc1cccs1)C2. The molecule has 0 N–H and O–H groups in total. The maximum absolute atomic E-state index is 13.1.